The summed E-state index contributed by atoms with van der Waals surface area (Å²) in [6.07, 6.45) is 1.12. The maximum Gasteiger partial charge on any atom is 0.224 e. The average molecular weight is 279 g/mol. The van der Waals surface area contributed by atoms with E-state index in [9.17, 15) is 0 Å². The average Bonchev–Trinajstić information content (AvgIpc) is 2.26. The SMILES string of the molecule is CCNc1nc(C)cc(NC(CC(C)C)CN(C)C)n1. The van der Waals surface area contributed by atoms with Crippen LogP contribution in [0.4, 0.5) is 11.8 Å². The summed E-state index contributed by atoms with van der Waals surface area (Å²) in [6.45, 7) is 10.4. The Morgan fingerprint density at radius 3 is 2.50 bits per heavy atom. The molecule has 0 aliphatic rings. The third-order valence-electron chi connectivity index (χ3n) is 2.88. The highest BCUT2D eigenvalue weighted by Gasteiger charge is 2.13. The second-order valence-electron chi connectivity index (χ2n) is 5.98. The summed E-state index contributed by atoms with van der Waals surface area (Å²) in [4.78, 5) is 11.1. The monoisotopic (exact) mass is 279 g/mol. The molecule has 0 aliphatic heterocycles. The normalized spacial score (nSPS) is 12.8. The van der Waals surface area contributed by atoms with Gasteiger partial charge in [-0.15, -0.1) is 0 Å². The Balaban J connectivity index is 2.80. The zero-order valence-electron chi connectivity index (χ0n) is 13.7. The van der Waals surface area contributed by atoms with E-state index >= 15 is 0 Å². The van der Waals surface area contributed by atoms with Crippen molar-refractivity contribution < 1.29 is 0 Å². The van der Waals surface area contributed by atoms with E-state index in [0.717, 1.165) is 31.0 Å². The van der Waals surface area contributed by atoms with Gasteiger partial charge in [-0.1, -0.05) is 13.8 Å². The van der Waals surface area contributed by atoms with Crippen LogP contribution in [0, 0.1) is 12.8 Å². The number of hydrogen-bond donors (Lipinski definition) is 2. The summed E-state index contributed by atoms with van der Waals surface area (Å²) in [5.41, 5.74) is 0.978. The van der Waals surface area contributed by atoms with E-state index < -0.39 is 0 Å². The summed E-state index contributed by atoms with van der Waals surface area (Å²) >= 11 is 0. The summed E-state index contributed by atoms with van der Waals surface area (Å²) in [5, 5.41) is 6.72. The van der Waals surface area contributed by atoms with Crippen LogP contribution in [0.2, 0.25) is 0 Å². The number of rotatable bonds is 8. The van der Waals surface area contributed by atoms with Gasteiger partial charge in [-0.05, 0) is 40.3 Å². The number of nitrogens with zero attached hydrogens (tertiary/aromatic N) is 3. The largest absolute Gasteiger partial charge is 0.366 e. The molecule has 1 aromatic heterocycles. The van der Waals surface area contributed by atoms with E-state index in [0.29, 0.717) is 17.9 Å². The Morgan fingerprint density at radius 2 is 1.95 bits per heavy atom. The van der Waals surface area contributed by atoms with E-state index in [1.165, 1.54) is 0 Å². The Morgan fingerprint density at radius 1 is 1.25 bits per heavy atom. The molecule has 1 rings (SSSR count). The highest BCUT2D eigenvalue weighted by Crippen LogP contribution is 2.14. The zero-order valence-corrected chi connectivity index (χ0v) is 13.7. The molecule has 1 atom stereocenters. The molecule has 1 unspecified atom stereocenters. The van der Waals surface area contributed by atoms with Crippen molar-refractivity contribution in [3.05, 3.63) is 11.8 Å². The maximum atomic E-state index is 4.53. The van der Waals surface area contributed by atoms with Gasteiger partial charge >= 0.3 is 0 Å². The molecule has 0 amide bonds. The molecule has 114 valence electrons. The number of aromatic nitrogens is 2. The molecular formula is C15H29N5. The molecule has 0 spiro atoms. The van der Waals surface area contributed by atoms with Gasteiger partial charge in [0.05, 0.1) is 0 Å². The van der Waals surface area contributed by atoms with Gasteiger partial charge in [-0.2, -0.15) is 4.98 Å². The minimum Gasteiger partial charge on any atom is -0.366 e. The second-order valence-corrected chi connectivity index (χ2v) is 5.98. The fraction of sp³-hybridized carbons (Fsp3) is 0.733. The molecule has 1 heterocycles. The molecule has 0 saturated heterocycles. The van der Waals surface area contributed by atoms with Gasteiger partial charge in [-0.3, -0.25) is 0 Å². The Labute approximate surface area is 123 Å². The van der Waals surface area contributed by atoms with Crippen LogP contribution in [0.25, 0.3) is 0 Å². The van der Waals surface area contributed by atoms with Crippen LogP contribution in [-0.4, -0.2) is 48.1 Å². The smallest absolute Gasteiger partial charge is 0.224 e. The molecule has 5 heteroatoms. The van der Waals surface area contributed by atoms with Gasteiger partial charge in [0.2, 0.25) is 5.95 Å². The van der Waals surface area contributed by atoms with Gasteiger partial charge in [0.25, 0.3) is 0 Å². The van der Waals surface area contributed by atoms with Crippen LogP contribution in [0.3, 0.4) is 0 Å². The van der Waals surface area contributed by atoms with Crippen LogP contribution in [0.15, 0.2) is 6.07 Å². The van der Waals surface area contributed by atoms with Gasteiger partial charge < -0.3 is 15.5 Å². The fourth-order valence-electron chi connectivity index (χ4n) is 2.28. The van der Waals surface area contributed by atoms with Crippen molar-refractivity contribution in [2.45, 2.75) is 40.2 Å². The second kappa shape index (κ2) is 8.04. The lowest BCUT2D eigenvalue weighted by molar-refractivity contribution is 0.356. The molecule has 0 fully saturated rings. The summed E-state index contributed by atoms with van der Waals surface area (Å²) in [5.74, 6) is 2.26. The predicted octanol–water partition coefficient (Wildman–Crippen LogP) is 2.61. The number of likely N-dealkylation sites (N-methyl/N-ethyl adjacent to an activating group) is 1. The molecule has 0 aliphatic carbocycles. The van der Waals surface area contributed by atoms with Crippen LogP contribution in [0.1, 0.15) is 32.9 Å². The minimum absolute atomic E-state index is 0.397. The predicted molar refractivity (Wildman–Crippen MR) is 86.4 cm³/mol. The molecule has 1 aromatic rings. The molecular weight excluding hydrogens is 250 g/mol. The van der Waals surface area contributed by atoms with E-state index in [2.05, 4.69) is 53.4 Å². The first kappa shape index (κ1) is 16.7. The molecule has 2 N–H and O–H groups in total. The third-order valence-corrected chi connectivity index (χ3v) is 2.88. The lowest BCUT2D eigenvalue weighted by Crippen LogP contribution is -2.33. The van der Waals surface area contributed by atoms with Crippen molar-refractivity contribution >= 4 is 11.8 Å². The number of nitrogens with one attached hydrogen (secondary N) is 2. The Bertz CT molecular complexity index is 393. The highest BCUT2D eigenvalue weighted by molar-refractivity contribution is 5.42. The molecule has 20 heavy (non-hydrogen) atoms. The van der Waals surface area contributed by atoms with Crippen LogP contribution in [-0.2, 0) is 0 Å². The highest BCUT2D eigenvalue weighted by atomic mass is 15.2. The van der Waals surface area contributed by atoms with Crippen molar-refractivity contribution in [1.29, 1.82) is 0 Å². The van der Waals surface area contributed by atoms with Crippen molar-refractivity contribution in [1.82, 2.24) is 14.9 Å². The minimum atomic E-state index is 0.397. The van der Waals surface area contributed by atoms with E-state index in [-0.39, 0.29) is 0 Å². The molecule has 0 bridgehead atoms. The van der Waals surface area contributed by atoms with Gasteiger partial charge in [0.15, 0.2) is 0 Å². The number of hydrogen-bond acceptors (Lipinski definition) is 5. The summed E-state index contributed by atoms with van der Waals surface area (Å²) in [6, 6.07) is 2.40. The van der Waals surface area contributed by atoms with Crippen LogP contribution >= 0.6 is 0 Å². The van der Waals surface area contributed by atoms with Crippen molar-refractivity contribution in [3.63, 3.8) is 0 Å². The lowest BCUT2D eigenvalue weighted by Gasteiger charge is -2.24. The van der Waals surface area contributed by atoms with Gasteiger partial charge in [0, 0.05) is 30.9 Å². The summed E-state index contributed by atoms with van der Waals surface area (Å²) < 4.78 is 0. The lowest BCUT2D eigenvalue weighted by atomic mass is 10.0. The van der Waals surface area contributed by atoms with E-state index in [1.54, 1.807) is 0 Å². The number of aryl methyl sites for hydroxylation is 1. The van der Waals surface area contributed by atoms with E-state index in [1.807, 2.05) is 19.9 Å². The maximum absolute atomic E-state index is 4.53. The van der Waals surface area contributed by atoms with E-state index in [4.69, 9.17) is 0 Å². The quantitative estimate of drug-likeness (QED) is 0.766. The molecule has 0 radical (unpaired) electrons. The first-order valence-electron chi connectivity index (χ1n) is 7.41. The topological polar surface area (TPSA) is 53.1 Å². The van der Waals surface area contributed by atoms with Gasteiger partial charge in [0.1, 0.15) is 5.82 Å². The van der Waals surface area contributed by atoms with Gasteiger partial charge in [-0.25, -0.2) is 4.98 Å². The molecule has 0 aromatic carbocycles. The molecule has 5 nitrogen and oxygen atoms in total. The number of anilines is 2. The van der Waals surface area contributed by atoms with Crippen molar-refractivity contribution in [2.75, 3.05) is 37.8 Å². The third kappa shape index (κ3) is 6.19. The van der Waals surface area contributed by atoms with Crippen molar-refractivity contribution in [3.8, 4) is 0 Å². The zero-order chi connectivity index (χ0) is 15.1. The first-order chi connectivity index (χ1) is 9.40. The summed E-state index contributed by atoms with van der Waals surface area (Å²) in [7, 11) is 4.20. The van der Waals surface area contributed by atoms with Crippen molar-refractivity contribution in [2.24, 2.45) is 5.92 Å². The first-order valence-corrected chi connectivity index (χ1v) is 7.41. The Kier molecular flexibility index (Phi) is 6.71. The molecule has 0 saturated carbocycles. The Hall–Kier alpha value is -1.36. The van der Waals surface area contributed by atoms with Crippen LogP contribution < -0.4 is 10.6 Å². The standard InChI is InChI=1S/C15H29N5/c1-7-16-15-17-12(4)9-14(19-15)18-13(8-11(2)3)10-20(5)6/h9,11,13H,7-8,10H2,1-6H3,(H2,16,17,18,19). The fourth-order valence-corrected chi connectivity index (χ4v) is 2.28. The van der Waals surface area contributed by atoms with Crippen LogP contribution in [0.5, 0.6) is 0 Å².